The summed E-state index contributed by atoms with van der Waals surface area (Å²) >= 11 is 1.76. The molecular formula is C27H32N4O2S. The van der Waals surface area contributed by atoms with Crippen molar-refractivity contribution < 1.29 is 9.59 Å². The van der Waals surface area contributed by atoms with Gasteiger partial charge >= 0.3 is 0 Å². The number of pyridine rings is 1. The Bertz CT molecular complexity index is 1140. The summed E-state index contributed by atoms with van der Waals surface area (Å²) in [5.74, 6) is -0.340. The molecular weight excluding hydrogens is 444 g/mol. The van der Waals surface area contributed by atoms with Crippen LogP contribution < -0.4 is 9.80 Å². The molecule has 0 N–H and O–H groups in total. The first-order valence-electron chi connectivity index (χ1n) is 11.7. The molecule has 0 fully saturated rings. The third-order valence-electron chi connectivity index (χ3n) is 6.43. The first kappa shape index (κ1) is 24.1. The highest BCUT2D eigenvalue weighted by Crippen LogP contribution is 2.39. The third-order valence-corrected chi connectivity index (χ3v) is 7.29. The number of carbonyl (C=O) groups excluding carboxylic acids is 2. The van der Waals surface area contributed by atoms with Crippen molar-refractivity contribution in [3.8, 4) is 0 Å². The van der Waals surface area contributed by atoms with E-state index in [1.54, 1.807) is 48.2 Å². The van der Waals surface area contributed by atoms with Crippen molar-refractivity contribution >= 4 is 34.5 Å². The number of hydrogen-bond acceptors (Lipinski definition) is 5. The van der Waals surface area contributed by atoms with Crippen molar-refractivity contribution in [2.75, 3.05) is 29.9 Å². The van der Waals surface area contributed by atoms with Gasteiger partial charge in [0.1, 0.15) is 5.41 Å². The predicted molar refractivity (Wildman–Crippen MR) is 138 cm³/mol. The molecule has 34 heavy (non-hydrogen) atoms. The lowest BCUT2D eigenvalue weighted by molar-refractivity contribution is -0.137. The molecule has 178 valence electrons. The molecule has 1 aliphatic heterocycles. The number of rotatable bonds is 8. The standard InChI is InChI=1S/C27H32N4O2S/c1-5-31-23-11-10-21(16-24(23)29(4)25(32)27(2,3)26(31)33)18-30(19-22-9-7-15-34-22)14-12-20-8-6-13-28-17-20/h6-11,13,15-17H,5,12,14,18-19H2,1-4H3. The molecule has 0 aliphatic carbocycles. The topological polar surface area (TPSA) is 56.8 Å². The number of aromatic nitrogens is 1. The lowest BCUT2D eigenvalue weighted by Crippen LogP contribution is -2.47. The van der Waals surface area contributed by atoms with E-state index in [4.69, 9.17) is 0 Å². The summed E-state index contributed by atoms with van der Waals surface area (Å²) in [7, 11) is 1.77. The molecule has 0 atom stereocenters. The van der Waals surface area contributed by atoms with E-state index >= 15 is 0 Å². The van der Waals surface area contributed by atoms with Crippen molar-refractivity contribution in [1.29, 1.82) is 0 Å². The van der Waals surface area contributed by atoms with E-state index in [1.165, 1.54) is 10.4 Å². The highest BCUT2D eigenvalue weighted by Gasteiger charge is 2.45. The van der Waals surface area contributed by atoms with E-state index in [-0.39, 0.29) is 11.8 Å². The van der Waals surface area contributed by atoms with Crippen LogP contribution in [0.25, 0.3) is 0 Å². The van der Waals surface area contributed by atoms with Crippen molar-refractivity contribution in [3.05, 3.63) is 76.2 Å². The lowest BCUT2D eigenvalue weighted by atomic mass is 9.90. The molecule has 7 heteroatoms. The number of benzene rings is 1. The summed E-state index contributed by atoms with van der Waals surface area (Å²) < 4.78 is 0. The Morgan fingerprint density at radius 1 is 1.00 bits per heavy atom. The molecule has 0 saturated carbocycles. The minimum absolute atomic E-state index is 0.158. The normalized spacial score (nSPS) is 15.6. The fraction of sp³-hybridized carbons (Fsp3) is 0.370. The Morgan fingerprint density at radius 2 is 1.82 bits per heavy atom. The van der Waals surface area contributed by atoms with Gasteiger partial charge in [-0.1, -0.05) is 18.2 Å². The predicted octanol–water partition coefficient (Wildman–Crippen LogP) is 4.74. The quantitative estimate of drug-likeness (QED) is 0.441. The van der Waals surface area contributed by atoms with E-state index in [0.29, 0.717) is 6.54 Å². The van der Waals surface area contributed by atoms with E-state index in [9.17, 15) is 9.59 Å². The van der Waals surface area contributed by atoms with Crippen LogP contribution in [0, 0.1) is 5.41 Å². The average Bonchev–Trinajstić information content (AvgIpc) is 3.34. The molecule has 2 aromatic heterocycles. The summed E-state index contributed by atoms with van der Waals surface area (Å²) in [5, 5.41) is 2.11. The minimum Gasteiger partial charge on any atom is -0.313 e. The van der Waals surface area contributed by atoms with Crippen LogP contribution in [0.3, 0.4) is 0 Å². The zero-order valence-electron chi connectivity index (χ0n) is 20.3. The molecule has 1 aromatic carbocycles. The van der Waals surface area contributed by atoms with Gasteiger partial charge in [0.05, 0.1) is 11.4 Å². The van der Waals surface area contributed by atoms with E-state index in [1.807, 2.05) is 25.3 Å². The third kappa shape index (κ3) is 4.91. The van der Waals surface area contributed by atoms with Crippen molar-refractivity contribution in [2.45, 2.75) is 40.3 Å². The van der Waals surface area contributed by atoms with E-state index in [0.717, 1.165) is 43.0 Å². The van der Waals surface area contributed by atoms with E-state index in [2.05, 4.69) is 45.6 Å². The Morgan fingerprint density at radius 3 is 2.50 bits per heavy atom. The highest BCUT2D eigenvalue weighted by atomic mass is 32.1. The van der Waals surface area contributed by atoms with Gasteiger partial charge in [-0.05, 0) is 68.0 Å². The average molecular weight is 477 g/mol. The molecule has 6 nitrogen and oxygen atoms in total. The summed E-state index contributed by atoms with van der Waals surface area (Å²) in [6, 6.07) is 14.5. The van der Waals surface area contributed by atoms with Gasteiger partial charge in [0, 0.05) is 50.5 Å². The Labute approximate surface area is 205 Å². The summed E-state index contributed by atoms with van der Waals surface area (Å²) in [5.41, 5.74) is 2.80. The smallest absolute Gasteiger partial charge is 0.242 e. The molecule has 0 saturated heterocycles. The second kappa shape index (κ2) is 10.1. The maximum Gasteiger partial charge on any atom is 0.242 e. The molecule has 0 unspecified atom stereocenters. The Balaban J connectivity index is 1.62. The zero-order chi connectivity index (χ0) is 24.3. The van der Waals surface area contributed by atoms with Crippen LogP contribution in [0.15, 0.2) is 60.2 Å². The zero-order valence-corrected chi connectivity index (χ0v) is 21.1. The van der Waals surface area contributed by atoms with Gasteiger partial charge in [-0.25, -0.2) is 0 Å². The van der Waals surface area contributed by atoms with Gasteiger partial charge < -0.3 is 9.80 Å². The maximum atomic E-state index is 13.2. The highest BCUT2D eigenvalue weighted by molar-refractivity contribution is 7.09. The van der Waals surface area contributed by atoms with Crippen LogP contribution in [0.2, 0.25) is 0 Å². The summed E-state index contributed by atoms with van der Waals surface area (Å²) in [4.78, 5) is 37.7. The number of thiophene rings is 1. The van der Waals surface area contributed by atoms with E-state index < -0.39 is 5.41 Å². The van der Waals surface area contributed by atoms with Crippen LogP contribution in [0.5, 0.6) is 0 Å². The molecule has 3 heterocycles. The van der Waals surface area contributed by atoms with Gasteiger partial charge in [0.15, 0.2) is 0 Å². The Hall–Kier alpha value is -3.03. The first-order chi connectivity index (χ1) is 16.3. The minimum atomic E-state index is -1.10. The fourth-order valence-electron chi connectivity index (χ4n) is 4.47. The van der Waals surface area contributed by atoms with Crippen LogP contribution in [0.1, 0.15) is 36.8 Å². The van der Waals surface area contributed by atoms with Gasteiger partial charge in [-0.2, -0.15) is 0 Å². The largest absolute Gasteiger partial charge is 0.313 e. The number of nitrogens with zero attached hydrogens (tertiary/aromatic N) is 4. The number of anilines is 2. The van der Waals surface area contributed by atoms with Gasteiger partial charge in [-0.3, -0.25) is 19.5 Å². The van der Waals surface area contributed by atoms with Gasteiger partial charge in [0.25, 0.3) is 0 Å². The number of hydrogen-bond donors (Lipinski definition) is 0. The molecule has 0 radical (unpaired) electrons. The second-order valence-electron chi connectivity index (χ2n) is 9.26. The molecule has 0 spiro atoms. The number of carbonyl (C=O) groups is 2. The van der Waals surface area contributed by atoms with Crippen molar-refractivity contribution in [3.63, 3.8) is 0 Å². The molecule has 1 aliphatic rings. The number of amides is 2. The lowest BCUT2D eigenvalue weighted by Gasteiger charge is -2.27. The van der Waals surface area contributed by atoms with Gasteiger partial charge in [-0.15, -0.1) is 11.3 Å². The van der Waals surface area contributed by atoms with Crippen LogP contribution >= 0.6 is 11.3 Å². The monoisotopic (exact) mass is 476 g/mol. The molecule has 2 amide bonds. The van der Waals surface area contributed by atoms with Crippen LogP contribution in [-0.4, -0.2) is 41.8 Å². The maximum absolute atomic E-state index is 13.2. The summed E-state index contributed by atoms with van der Waals surface area (Å²) in [6.45, 7) is 8.39. The SMILES string of the molecule is CCN1C(=O)C(C)(C)C(=O)N(C)c2cc(CN(CCc3cccnc3)Cc3cccs3)ccc21. The first-order valence-corrected chi connectivity index (χ1v) is 12.6. The molecule has 0 bridgehead atoms. The molecule has 3 aromatic rings. The van der Waals surface area contributed by atoms with Crippen molar-refractivity contribution in [2.24, 2.45) is 5.41 Å². The fourth-order valence-corrected chi connectivity index (χ4v) is 5.22. The summed E-state index contributed by atoms with van der Waals surface area (Å²) in [6.07, 6.45) is 4.63. The van der Waals surface area contributed by atoms with Gasteiger partial charge in [0.2, 0.25) is 11.8 Å². The second-order valence-corrected chi connectivity index (χ2v) is 10.3. The molecule has 4 rings (SSSR count). The number of fused-ring (bicyclic) bond motifs is 1. The van der Waals surface area contributed by atoms with Crippen LogP contribution in [0.4, 0.5) is 11.4 Å². The van der Waals surface area contributed by atoms with Crippen LogP contribution in [-0.2, 0) is 29.1 Å². The van der Waals surface area contributed by atoms with Crippen molar-refractivity contribution in [1.82, 2.24) is 9.88 Å². The Kier molecular flexibility index (Phi) is 7.14.